The zero-order valence-corrected chi connectivity index (χ0v) is 9.24. The lowest BCUT2D eigenvalue weighted by atomic mass is 10.2. The van der Waals surface area contributed by atoms with Gasteiger partial charge >= 0.3 is 11.9 Å². The van der Waals surface area contributed by atoms with E-state index in [0.717, 1.165) is 5.56 Å². The molecule has 0 aromatic carbocycles. The number of pyridine rings is 1. The Morgan fingerprint density at radius 3 is 2.35 bits per heavy atom. The largest absolute Gasteiger partial charge is 0.481 e. The summed E-state index contributed by atoms with van der Waals surface area (Å²) in [6, 6.07) is 3.55. The molecule has 0 bridgehead atoms. The Balaban J connectivity index is 2.56. The van der Waals surface area contributed by atoms with Crippen LogP contribution in [0.1, 0.15) is 12.0 Å². The van der Waals surface area contributed by atoms with E-state index in [-0.39, 0.29) is 19.5 Å². The Hall–Kier alpha value is -1.95. The van der Waals surface area contributed by atoms with Gasteiger partial charge in [-0.3, -0.25) is 19.5 Å². The van der Waals surface area contributed by atoms with Crippen LogP contribution in [0.2, 0.25) is 0 Å². The summed E-state index contributed by atoms with van der Waals surface area (Å²) in [5.41, 5.74) is 0.909. The molecule has 0 atom stereocenters. The number of hydrogen-bond donors (Lipinski definition) is 2. The molecule has 17 heavy (non-hydrogen) atoms. The van der Waals surface area contributed by atoms with Crippen LogP contribution >= 0.6 is 0 Å². The maximum atomic E-state index is 10.6. The lowest BCUT2D eigenvalue weighted by Crippen LogP contribution is -2.31. The van der Waals surface area contributed by atoms with Crippen molar-refractivity contribution in [3.63, 3.8) is 0 Å². The smallest absolute Gasteiger partial charge is 0.317 e. The molecule has 2 N–H and O–H groups in total. The number of aromatic nitrogens is 1. The van der Waals surface area contributed by atoms with E-state index >= 15 is 0 Å². The van der Waals surface area contributed by atoms with Crippen LogP contribution in [0, 0.1) is 0 Å². The van der Waals surface area contributed by atoms with Crippen LogP contribution in [0.4, 0.5) is 0 Å². The van der Waals surface area contributed by atoms with Crippen molar-refractivity contribution in [2.45, 2.75) is 13.0 Å². The van der Waals surface area contributed by atoms with Gasteiger partial charge in [-0.2, -0.15) is 0 Å². The van der Waals surface area contributed by atoms with Gasteiger partial charge in [-0.1, -0.05) is 0 Å². The number of carbonyl (C=O) groups is 2. The molecular weight excluding hydrogens is 224 g/mol. The molecule has 1 aromatic rings. The van der Waals surface area contributed by atoms with Gasteiger partial charge in [-0.15, -0.1) is 0 Å². The third-order valence-electron chi connectivity index (χ3n) is 2.16. The Kier molecular flexibility index (Phi) is 5.09. The van der Waals surface area contributed by atoms with Gasteiger partial charge in [0.1, 0.15) is 0 Å². The molecule has 6 heteroatoms. The maximum Gasteiger partial charge on any atom is 0.317 e. The summed E-state index contributed by atoms with van der Waals surface area (Å²) in [5, 5.41) is 17.3. The molecule has 0 aliphatic carbocycles. The zero-order valence-electron chi connectivity index (χ0n) is 9.24. The molecule has 0 radical (unpaired) electrons. The fourth-order valence-corrected chi connectivity index (χ4v) is 1.41. The summed E-state index contributed by atoms with van der Waals surface area (Å²) < 4.78 is 0. The van der Waals surface area contributed by atoms with Crippen LogP contribution in [0.5, 0.6) is 0 Å². The average molecular weight is 238 g/mol. The molecule has 0 amide bonds. The van der Waals surface area contributed by atoms with Crippen LogP contribution in [0.25, 0.3) is 0 Å². The van der Waals surface area contributed by atoms with E-state index in [2.05, 4.69) is 4.98 Å². The predicted octanol–water partition coefficient (Wildman–Crippen LogP) is 0.443. The van der Waals surface area contributed by atoms with Crippen molar-refractivity contribution < 1.29 is 19.8 Å². The Bertz CT molecular complexity index is 380. The van der Waals surface area contributed by atoms with Crippen LogP contribution in [0.15, 0.2) is 24.5 Å². The minimum absolute atomic E-state index is 0.0711. The van der Waals surface area contributed by atoms with E-state index in [9.17, 15) is 9.59 Å². The summed E-state index contributed by atoms with van der Waals surface area (Å²) >= 11 is 0. The Morgan fingerprint density at radius 1 is 1.18 bits per heavy atom. The van der Waals surface area contributed by atoms with Crippen molar-refractivity contribution in [2.75, 3.05) is 13.1 Å². The molecule has 1 heterocycles. The highest BCUT2D eigenvalue weighted by Gasteiger charge is 2.11. The first-order valence-electron chi connectivity index (χ1n) is 5.13. The summed E-state index contributed by atoms with van der Waals surface area (Å²) in [6.45, 7) is 0.446. The lowest BCUT2D eigenvalue weighted by Gasteiger charge is -2.19. The van der Waals surface area contributed by atoms with E-state index < -0.39 is 11.9 Å². The molecule has 0 aliphatic rings. The summed E-state index contributed by atoms with van der Waals surface area (Å²) in [7, 11) is 0. The summed E-state index contributed by atoms with van der Waals surface area (Å²) in [6.07, 6.45) is 3.16. The average Bonchev–Trinajstić information content (AvgIpc) is 2.26. The second-order valence-corrected chi connectivity index (χ2v) is 3.60. The van der Waals surface area contributed by atoms with Gasteiger partial charge in [0.05, 0.1) is 13.0 Å². The molecule has 1 aromatic heterocycles. The molecule has 0 spiro atoms. The van der Waals surface area contributed by atoms with Crippen molar-refractivity contribution >= 4 is 11.9 Å². The van der Waals surface area contributed by atoms with Gasteiger partial charge < -0.3 is 10.2 Å². The lowest BCUT2D eigenvalue weighted by molar-refractivity contribution is -0.141. The summed E-state index contributed by atoms with van der Waals surface area (Å²) in [4.78, 5) is 26.5. The number of nitrogens with zero attached hydrogens (tertiary/aromatic N) is 2. The maximum absolute atomic E-state index is 10.6. The standard InChI is InChI=1S/C11H14N2O4/c14-10(15)3-6-13(8-11(16)17)7-9-1-4-12-5-2-9/h1-2,4-5H,3,6-8H2,(H,14,15)(H,16,17). The van der Waals surface area contributed by atoms with Crippen molar-refractivity contribution in [3.05, 3.63) is 30.1 Å². The molecular formula is C11H14N2O4. The van der Waals surface area contributed by atoms with E-state index in [1.165, 1.54) is 0 Å². The minimum Gasteiger partial charge on any atom is -0.481 e. The topological polar surface area (TPSA) is 90.7 Å². The second kappa shape index (κ2) is 6.59. The highest BCUT2D eigenvalue weighted by molar-refractivity contribution is 5.69. The van der Waals surface area contributed by atoms with Crippen LogP contribution in [-0.2, 0) is 16.1 Å². The molecule has 0 saturated heterocycles. The third kappa shape index (κ3) is 5.62. The van der Waals surface area contributed by atoms with E-state index in [0.29, 0.717) is 6.54 Å². The fourth-order valence-electron chi connectivity index (χ4n) is 1.41. The first-order valence-corrected chi connectivity index (χ1v) is 5.13. The number of carboxylic acids is 2. The number of aliphatic carboxylic acids is 2. The molecule has 0 unspecified atom stereocenters. The molecule has 0 saturated carbocycles. The molecule has 92 valence electrons. The fraction of sp³-hybridized carbons (Fsp3) is 0.364. The van der Waals surface area contributed by atoms with Crippen LogP contribution < -0.4 is 0 Å². The van der Waals surface area contributed by atoms with Gasteiger partial charge in [0.25, 0.3) is 0 Å². The van der Waals surface area contributed by atoms with Gasteiger partial charge in [-0.05, 0) is 17.7 Å². The molecule has 0 fully saturated rings. The van der Waals surface area contributed by atoms with Crippen molar-refractivity contribution in [1.29, 1.82) is 0 Å². The highest BCUT2D eigenvalue weighted by atomic mass is 16.4. The zero-order chi connectivity index (χ0) is 12.7. The quantitative estimate of drug-likeness (QED) is 0.716. The van der Waals surface area contributed by atoms with Crippen LogP contribution in [-0.4, -0.2) is 45.1 Å². The van der Waals surface area contributed by atoms with Gasteiger partial charge in [0.2, 0.25) is 0 Å². The predicted molar refractivity (Wildman–Crippen MR) is 59.4 cm³/mol. The van der Waals surface area contributed by atoms with Gasteiger partial charge in [0, 0.05) is 25.5 Å². The SMILES string of the molecule is O=C(O)CCN(CC(=O)O)Cc1ccncc1. The van der Waals surface area contributed by atoms with Gasteiger partial charge in [0.15, 0.2) is 0 Å². The highest BCUT2D eigenvalue weighted by Crippen LogP contribution is 2.03. The van der Waals surface area contributed by atoms with E-state index in [1.807, 2.05) is 0 Å². The Labute approximate surface area is 98.5 Å². The normalized spacial score (nSPS) is 10.4. The van der Waals surface area contributed by atoms with Crippen molar-refractivity contribution in [1.82, 2.24) is 9.88 Å². The molecule has 6 nitrogen and oxygen atoms in total. The van der Waals surface area contributed by atoms with E-state index in [1.54, 1.807) is 29.4 Å². The van der Waals surface area contributed by atoms with E-state index in [4.69, 9.17) is 10.2 Å². The van der Waals surface area contributed by atoms with Gasteiger partial charge in [-0.25, -0.2) is 0 Å². The third-order valence-corrected chi connectivity index (χ3v) is 2.16. The second-order valence-electron chi connectivity index (χ2n) is 3.60. The first-order chi connectivity index (χ1) is 8.08. The molecule has 0 aliphatic heterocycles. The summed E-state index contributed by atoms with van der Waals surface area (Å²) in [5.74, 6) is -1.90. The van der Waals surface area contributed by atoms with Crippen molar-refractivity contribution in [2.24, 2.45) is 0 Å². The Morgan fingerprint density at radius 2 is 1.82 bits per heavy atom. The minimum atomic E-state index is -0.968. The first kappa shape index (κ1) is 13.1. The number of carboxylic acid groups (broad SMARTS) is 2. The monoisotopic (exact) mass is 238 g/mol. The van der Waals surface area contributed by atoms with Crippen molar-refractivity contribution in [3.8, 4) is 0 Å². The number of rotatable bonds is 7. The number of hydrogen-bond acceptors (Lipinski definition) is 4. The van der Waals surface area contributed by atoms with Crippen LogP contribution in [0.3, 0.4) is 0 Å². The molecule has 1 rings (SSSR count).